The Hall–Kier alpha value is -0.380. The van der Waals surface area contributed by atoms with Gasteiger partial charge < -0.3 is 10.4 Å². The molecule has 0 aliphatic heterocycles. The van der Waals surface area contributed by atoms with Gasteiger partial charge in [0.15, 0.2) is 0 Å². The lowest BCUT2D eigenvalue weighted by Gasteiger charge is -2.19. The van der Waals surface area contributed by atoms with Crippen LogP contribution in [0.25, 0.3) is 0 Å². The second-order valence-electron chi connectivity index (χ2n) is 4.21. The minimum atomic E-state index is -0.351. The third-order valence-corrected chi connectivity index (χ3v) is 3.72. The minimum Gasteiger partial charge on any atom is -0.386 e. The highest BCUT2D eigenvalue weighted by molar-refractivity contribution is 7.10. The van der Waals surface area contributed by atoms with Crippen LogP contribution in [-0.2, 0) is 0 Å². The Kier molecular flexibility index (Phi) is 6.69. The monoisotopic (exact) mass is 241 g/mol. The van der Waals surface area contributed by atoms with Gasteiger partial charge in [-0.3, -0.25) is 0 Å². The number of hydrogen-bond acceptors (Lipinski definition) is 3. The van der Waals surface area contributed by atoms with E-state index in [2.05, 4.69) is 19.2 Å². The summed E-state index contributed by atoms with van der Waals surface area (Å²) in [6.45, 7) is 5.09. The lowest BCUT2D eigenvalue weighted by atomic mass is 10.1. The van der Waals surface area contributed by atoms with Gasteiger partial charge in [0.05, 0.1) is 0 Å². The first-order valence-electron chi connectivity index (χ1n) is 6.22. The fourth-order valence-electron chi connectivity index (χ4n) is 1.91. The Morgan fingerprint density at radius 1 is 1.31 bits per heavy atom. The predicted octanol–water partition coefficient (Wildman–Crippen LogP) is 3.34. The van der Waals surface area contributed by atoms with Gasteiger partial charge in [0, 0.05) is 17.5 Å². The minimum absolute atomic E-state index is 0.351. The first-order chi connectivity index (χ1) is 7.77. The van der Waals surface area contributed by atoms with Crippen molar-refractivity contribution in [2.45, 2.75) is 51.7 Å². The van der Waals surface area contributed by atoms with Gasteiger partial charge in [0.2, 0.25) is 0 Å². The third-order valence-electron chi connectivity index (χ3n) is 2.75. The summed E-state index contributed by atoms with van der Waals surface area (Å²) in [5, 5.41) is 15.4. The Morgan fingerprint density at radius 2 is 2.00 bits per heavy atom. The molecule has 0 bridgehead atoms. The van der Waals surface area contributed by atoms with Gasteiger partial charge >= 0.3 is 0 Å². The maximum Gasteiger partial charge on any atom is 0.101 e. The van der Waals surface area contributed by atoms with Crippen LogP contribution in [0.4, 0.5) is 0 Å². The van der Waals surface area contributed by atoms with E-state index in [1.165, 1.54) is 25.7 Å². The molecule has 1 heterocycles. The molecule has 2 nitrogen and oxygen atoms in total. The van der Waals surface area contributed by atoms with E-state index in [0.717, 1.165) is 4.88 Å². The zero-order valence-corrected chi connectivity index (χ0v) is 11.1. The average molecular weight is 241 g/mol. The van der Waals surface area contributed by atoms with Crippen LogP contribution < -0.4 is 5.32 Å². The van der Waals surface area contributed by atoms with Crippen molar-refractivity contribution >= 4 is 11.3 Å². The highest BCUT2D eigenvalue weighted by Gasteiger charge is 2.11. The summed E-state index contributed by atoms with van der Waals surface area (Å²) in [5.41, 5.74) is 0. The van der Waals surface area contributed by atoms with Crippen LogP contribution in [0.3, 0.4) is 0 Å². The fourth-order valence-corrected chi connectivity index (χ4v) is 2.62. The van der Waals surface area contributed by atoms with E-state index in [4.69, 9.17) is 0 Å². The highest BCUT2D eigenvalue weighted by atomic mass is 32.1. The van der Waals surface area contributed by atoms with Gasteiger partial charge in [0.1, 0.15) is 6.10 Å². The SMILES string of the molecule is CCCC(CCC)NCC(O)c1cccs1. The molecule has 1 aromatic rings. The topological polar surface area (TPSA) is 32.3 Å². The second kappa shape index (κ2) is 7.82. The Morgan fingerprint density at radius 3 is 2.50 bits per heavy atom. The fraction of sp³-hybridized carbons (Fsp3) is 0.692. The molecule has 0 saturated heterocycles. The second-order valence-corrected chi connectivity index (χ2v) is 5.19. The van der Waals surface area contributed by atoms with Crippen LogP contribution in [0.2, 0.25) is 0 Å². The first kappa shape index (κ1) is 13.7. The molecule has 1 aromatic heterocycles. The van der Waals surface area contributed by atoms with E-state index in [1.807, 2.05) is 17.5 Å². The number of nitrogens with one attached hydrogen (secondary N) is 1. The summed E-state index contributed by atoms with van der Waals surface area (Å²) in [6, 6.07) is 4.54. The number of thiophene rings is 1. The molecule has 0 spiro atoms. The van der Waals surface area contributed by atoms with Crippen LogP contribution >= 0.6 is 11.3 Å². The average Bonchev–Trinajstić information content (AvgIpc) is 2.79. The molecular weight excluding hydrogens is 218 g/mol. The maximum atomic E-state index is 9.94. The van der Waals surface area contributed by atoms with Gasteiger partial charge in [-0.2, -0.15) is 0 Å². The molecule has 0 aliphatic rings. The van der Waals surface area contributed by atoms with Crippen molar-refractivity contribution < 1.29 is 5.11 Å². The van der Waals surface area contributed by atoms with Crippen molar-refractivity contribution in [3.8, 4) is 0 Å². The summed E-state index contributed by atoms with van der Waals surface area (Å²) in [7, 11) is 0. The van der Waals surface area contributed by atoms with Crippen molar-refractivity contribution in [2.75, 3.05) is 6.54 Å². The zero-order chi connectivity index (χ0) is 11.8. The van der Waals surface area contributed by atoms with Gasteiger partial charge in [-0.1, -0.05) is 32.8 Å². The van der Waals surface area contributed by atoms with Crippen molar-refractivity contribution in [1.29, 1.82) is 0 Å². The molecule has 0 fully saturated rings. The van der Waals surface area contributed by atoms with E-state index >= 15 is 0 Å². The number of hydrogen-bond donors (Lipinski definition) is 2. The van der Waals surface area contributed by atoms with Gasteiger partial charge in [-0.25, -0.2) is 0 Å². The van der Waals surface area contributed by atoms with E-state index < -0.39 is 0 Å². The zero-order valence-electron chi connectivity index (χ0n) is 10.3. The largest absolute Gasteiger partial charge is 0.386 e. The molecule has 0 saturated carbocycles. The smallest absolute Gasteiger partial charge is 0.101 e. The Labute approximate surface area is 103 Å². The van der Waals surface area contributed by atoms with Crippen LogP contribution in [-0.4, -0.2) is 17.7 Å². The molecule has 0 amide bonds. The van der Waals surface area contributed by atoms with E-state index in [0.29, 0.717) is 12.6 Å². The van der Waals surface area contributed by atoms with Crippen LogP contribution in [0.15, 0.2) is 17.5 Å². The molecule has 1 atom stereocenters. The summed E-state index contributed by atoms with van der Waals surface area (Å²) in [5.74, 6) is 0. The molecule has 1 rings (SSSR count). The third kappa shape index (κ3) is 4.64. The number of rotatable bonds is 8. The predicted molar refractivity (Wildman–Crippen MR) is 70.9 cm³/mol. The number of aliphatic hydroxyl groups is 1. The molecule has 0 radical (unpaired) electrons. The first-order valence-corrected chi connectivity index (χ1v) is 7.10. The maximum absolute atomic E-state index is 9.94. The Bertz CT molecular complexity index is 255. The van der Waals surface area contributed by atoms with Crippen molar-refractivity contribution in [2.24, 2.45) is 0 Å². The van der Waals surface area contributed by atoms with Crippen LogP contribution in [0.5, 0.6) is 0 Å². The molecule has 2 N–H and O–H groups in total. The van der Waals surface area contributed by atoms with E-state index in [1.54, 1.807) is 11.3 Å². The molecule has 1 unspecified atom stereocenters. The molecular formula is C13H23NOS. The summed E-state index contributed by atoms with van der Waals surface area (Å²) in [6.07, 6.45) is 4.45. The molecule has 16 heavy (non-hydrogen) atoms. The van der Waals surface area contributed by atoms with Gasteiger partial charge in [0.25, 0.3) is 0 Å². The van der Waals surface area contributed by atoms with Crippen molar-refractivity contribution in [3.05, 3.63) is 22.4 Å². The van der Waals surface area contributed by atoms with Crippen molar-refractivity contribution in [3.63, 3.8) is 0 Å². The molecule has 3 heteroatoms. The standard InChI is InChI=1S/C13H23NOS/c1-3-6-11(7-4-2)14-10-12(15)13-8-5-9-16-13/h5,8-9,11-12,14-15H,3-4,6-7,10H2,1-2H3. The quantitative estimate of drug-likeness (QED) is 0.731. The van der Waals surface area contributed by atoms with Gasteiger partial charge in [-0.05, 0) is 24.3 Å². The van der Waals surface area contributed by atoms with Crippen molar-refractivity contribution in [1.82, 2.24) is 5.32 Å². The number of aliphatic hydroxyl groups excluding tert-OH is 1. The van der Waals surface area contributed by atoms with E-state index in [-0.39, 0.29) is 6.10 Å². The van der Waals surface area contributed by atoms with Crippen LogP contribution in [0.1, 0.15) is 50.5 Å². The van der Waals surface area contributed by atoms with E-state index in [9.17, 15) is 5.11 Å². The molecule has 0 aromatic carbocycles. The molecule has 92 valence electrons. The van der Waals surface area contributed by atoms with Gasteiger partial charge in [-0.15, -0.1) is 11.3 Å². The summed E-state index contributed by atoms with van der Waals surface area (Å²) >= 11 is 1.62. The lowest BCUT2D eigenvalue weighted by molar-refractivity contribution is 0.171. The molecule has 0 aliphatic carbocycles. The van der Waals surface area contributed by atoms with Crippen LogP contribution in [0, 0.1) is 0 Å². The highest BCUT2D eigenvalue weighted by Crippen LogP contribution is 2.18. The normalized spacial score (nSPS) is 13.2. The summed E-state index contributed by atoms with van der Waals surface area (Å²) in [4.78, 5) is 1.05. The summed E-state index contributed by atoms with van der Waals surface area (Å²) < 4.78 is 0. The lowest BCUT2D eigenvalue weighted by Crippen LogP contribution is -2.32. The Balaban J connectivity index is 2.30.